The molecule has 2 fully saturated rings. The van der Waals surface area contributed by atoms with Crippen molar-refractivity contribution >= 4 is 11.6 Å². The van der Waals surface area contributed by atoms with E-state index in [9.17, 15) is 14.9 Å². The van der Waals surface area contributed by atoms with E-state index in [1.807, 2.05) is 24.3 Å². The van der Waals surface area contributed by atoms with Crippen molar-refractivity contribution in [2.45, 2.75) is 36.4 Å². The second kappa shape index (κ2) is 7.37. The van der Waals surface area contributed by atoms with Crippen molar-refractivity contribution in [1.82, 2.24) is 4.90 Å². The van der Waals surface area contributed by atoms with Gasteiger partial charge in [-0.3, -0.25) is 19.8 Å². The van der Waals surface area contributed by atoms with E-state index in [-0.39, 0.29) is 16.9 Å². The third-order valence-electron chi connectivity index (χ3n) is 7.16. The van der Waals surface area contributed by atoms with Crippen LogP contribution in [-0.4, -0.2) is 55.7 Å². The molecule has 3 aliphatic heterocycles. The molecule has 0 aromatic heterocycles. The lowest BCUT2D eigenvalue weighted by molar-refractivity contribution is -0.527. The molecule has 1 spiro atoms. The van der Waals surface area contributed by atoms with E-state index >= 15 is 0 Å². The summed E-state index contributed by atoms with van der Waals surface area (Å²) in [5.74, 6) is 0.241. The van der Waals surface area contributed by atoms with Gasteiger partial charge in [-0.25, -0.2) is 0 Å². The zero-order valence-corrected chi connectivity index (χ0v) is 18.2. The lowest BCUT2D eigenvalue weighted by Crippen LogP contribution is -2.50. The number of fused-ring (bicyclic) bond motifs is 4. The molecule has 3 unspecified atom stereocenters. The Morgan fingerprint density at radius 3 is 2.44 bits per heavy atom. The standard InChI is InChI=1S/C23H25N3O6/c1-30-17-11-13(12-18(31-2)21(17)32-3)19-20(26(28)29)16-9-6-10-25(16)23(19)14-7-4-5-8-15(14)24-22(23)27/h4-5,7-8,11-12,16,19-20H,6,9-10H2,1-3H3,(H,24,27)/t16?,19?,20?,23-/m1/s1. The van der Waals surface area contributed by atoms with Gasteiger partial charge in [0.15, 0.2) is 11.5 Å². The number of hydrogen-bond acceptors (Lipinski definition) is 7. The molecule has 9 nitrogen and oxygen atoms in total. The maximum atomic E-state index is 13.7. The van der Waals surface area contributed by atoms with Crippen LogP contribution in [0.15, 0.2) is 36.4 Å². The summed E-state index contributed by atoms with van der Waals surface area (Å²) in [5.41, 5.74) is 0.909. The first-order valence-electron chi connectivity index (χ1n) is 10.6. The Morgan fingerprint density at radius 2 is 1.81 bits per heavy atom. The number of nitrogens with zero attached hydrogens (tertiary/aromatic N) is 2. The van der Waals surface area contributed by atoms with E-state index in [1.165, 1.54) is 21.3 Å². The van der Waals surface area contributed by atoms with E-state index in [1.54, 1.807) is 12.1 Å². The van der Waals surface area contributed by atoms with Crippen LogP contribution >= 0.6 is 0 Å². The average Bonchev–Trinajstić information content (AvgIpc) is 3.45. The summed E-state index contributed by atoms with van der Waals surface area (Å²) in [7, 11) is 4.52. The summed E-state index contributed by atoms with van der Waals surface area (Å²) in [5, 5.41) is 15.5. The fourth-order valence-electron chi connectivity index (χ4n) is 6.07. The van der Waals surface area contributed by atoms with E-state index in [2.05, 4.69) is 10.2 Å². The van der Waals surface area contributed by atoms with Gasteiger partial charge >= 0.3 is 0 Å². The quantitative estimate of drug-likeness (QED) is 0.564. The zero-order valence-electron chi connectivity index (χ0n) is 18.2. The minimum Gasteiger partial charge on any atom is -0.493 e. The van der Waals surface area contributed by atoms with Gasteiger partial charge in [-0.05, 0) is 36.6 Å². The van der Waals surface area contributed by atoms with E-state index in [4.69, 9.17) is 14.2 Å². The number of carbonyl (C=O) groups excluding carboxylic acids is 1. The van der Waals surface area contributed by atoms with Gasteiger partial charge in [-0.1, -0.05) is 18.2 Å². The van der Waals surface area contributed by atoms with Gasteiger partial charge in [0, 0.05) is 22.7 Å². The van der Waals surface area contributed by atoms with E-state index < -0.39 is 17.5 Å². The number of rotatable bonds is 5. The van der Waals surface area contributed by atoms with Crippen LogP contribution in [0, 0.1) is 10.1 Å². The Balaban J connectivity index is 1.81. The number of nitrogens with one attached hydrogen (secondary N) is 1. The molecule has 0 bridgehead atoms. The maximum absolute atomic E-state index is 13.7. The third-order valence-corrected chi connectivity index (χ3v) is 7.16. The van der Waals surface area contributed by atoms with Gasteiger partial charge in [-0.2, -0.15) is 0 Å². The summed E-state index contributed by atoms with van der Waals surface area (Å²) >= 11 is 0. The normalized spacial score (nSPS) is 28.3. The number of nitro groups is 1. The van der Waals surface area contributed by atoms with Crippen LogP contribution in [-0.2, 0) is 10.3 Å². The number of carbonyl (C=O) groups is 1. The van der Waals surface area contributed by atoms with E-state index in [0.717, 1.165) is 12.0 Å². The Bertz CT molecular complexity index is 1080. The molecule has 2 saturated heterocycles. The number of hydrogen-bond donors (Lipinski definition) is 1. The number of anilines is 1. The number of benzene rings is 2. The summed E-state index contributed by atoms with van der Waals surface area (Å²) in [4.78, 5) is 28.0. The zero-order chi connectivity index (χ0) is 22.6. The summed E-state index contributed by atoms with van der Waals surface area (Å²) < 4.78 is 16.5. The van der Waals surface area contributed by atoms with E-state index in [0.29, 0.717) is 41.5 Å². The molecule has 5 rings (SSSR count). The van der Waals surface area contributed by atoms with Gasteiger partial charge < -0.3 is 19.5 Å². The average molecular weight is 439 g/mol. The highest BCUT2D eigenvalue weighted by atomic mass is 16.6. The lowest BCUT2D eigenvalue weighted by Gasteiger charge is -2.36. The molecule has 0 radical (unpaired) electrons. The van der Waals surface area contributed by atoms with Crippen molar-refractivity contribution in [1.29, 1.82) is 0 Å². The first-order chi connectivity index (χ1) is 15.5. The largest absolute Gasteiger partial charge is 0.493 e. The highest BCUT2D eigenvalue weighted by Gasteiger charge is 2.71. The molecule has 0 aliphatic carbocycles. The molecular formula is C23H25N3O6. The van der Waals surface area contributed by atoms with Gasteiger partial charge in [-0.15, -0.1) is 0 Å². The predicted octanol–water partition coefficient (Wildman–Crippen LogP) is 2.77. The topological polar surface area (TPSA) is 103 Å². The van der Waals surface area contributed by atoms with Crippen molar-refractivity contribution < 1.29 is 23.9 Å². The number of ether oxygens (including phenoxy) is 3. The second-order valence-electron chi connectivity index (χ2n) is 8.38. The Hall–Kier alpha value is -3.33. The molecule has 9 heteroatoms. The van der Waals surface area contributed by atoms with Crippen LogP contribution in [0.25, 0.3) is 0 Å². The molecule has 0 saturated carbocycles. The van der Waals surface area contributed by atoms with Gasteiger partial charge in [0.25, 0.3) is 5.91 Å². The van der Waals surface area contributed by atoms with Crippen LogP contribution in [0.5, 0.6) is 17.2 Å². The monoisotopic (exact) mass is 439 g/mol. The second-order valence-corrected chi connectivity index (χ2v) is 8.38. The molecule has 2 aromatic carbocycles. The molecule has 3 aliphatic rings. The Kier molecular flexibility index (Phi) is 4.74. The minimum atomic E-state index is -1.18. The fraction of sp³-hybridized carbons (Fsp3) is 0.435. The lowest BCUT2D eigenvalue weighted by atomic mass is 9.73. The summed E-state index contributed by atoms with van der Waals surface area (Å²) in [6, 6.07) is 9.64. The molecule has 2 aromatic rings. The van der Waals surface area contributed by atoms with Crippen molar-refractivity contribution in [3.8, 4) is 17.2 Å². The first-order valence-corrected chi connectivity index (χ1v) is 10.6. The number of amides is 1. The van der Waals surface area contributed by atoms with Gasteiger partial charge in [0.2, 0.25) is 11.8 Å². The number of para-hydroxylation sites is 1. The van der Waals surface area contributed by atoms with Crippen LogP contribution in [0.4, 0.5) is 5.69 Å². The molecule has 3 heterocycles. The van der Waals surface area contributed by atoms with Gasteiger partial charge in [0.1, 0.15) is 5.54 Å². The van der Waals surface area contributed by atoms with Crippen LogP contribution in [0.1, 0.15) is 29.9 Å². The van der Waals surface area contributed by atoms with Crippen LogP contribution in [0.3, 0.4) is 0 Å². The number of methoxy groups -OCH3 is 3. The Labute approximate surface area is 185 Å². The fourth-order valence-corrected chi connectivity index (χ4v) is 6.07. The Morgan fingerprint density at radius 1 is 1.12 bits per heavy atom. The van der Waals surface area contributed by atoms with Crippen molar-refractivity contribution in [2.24, 2.45) is 0 Å². The first kappa shape index (κ1) is 20.6. The molecule has 168 valence electrons. The SMILES string of the molecule is COc1cc(C2C([N+](=O)[O-])C3CCCN3[C@@]23C(=O)Nc2ccccc23)cc(OC)c1OC. The highest BCUT2D eigenvalue weighted by Crippen LogP contribution is 2.60. The predicted molar refractivity (Wildman–Crippen MR) is 116 cm³/mol. The smallest absolute Gasteiger partial charge is 0.250 e. The molecule has 32 heavy (non-hydrogen) atoms. The van der Waals surface area contributed by atoms with Crippen molar-refractivity contribution in [3.63, 3.8) is 0 Å². The van der Waals surface area contributed by atoms with Crippen LogP contribution < -0.4 is 19.5 Å². The highest BCUT2D eigenvalue weighted by molar-refractivity contribution is 6.07. The maximum Gasteiger partial charge on any atom is 0.250 e. The minimum absolute atomic E-state index is 0.222. The molecule has 1 N–H and O–H groups in total. The molecule has 4 atom stereocenters. The van der Waals surface area contributed by atoms with Crippen molar-refractivity contribution in [2.75, 3.05) is 33.2 Å². The summed E-state index contributed by atoms with van der Waals surface area (Å²) in [6.45, 7) is 0.623. The van der Waals surface area contributed by atoms with Gasteiger partial charge in [0.05, 0.1) is 33.3 Å². The van der Waals surface area contributed by atoms with Crippen LogP contribution in [0.2, 0.25) is 0 Å². The molecule has 1 amide bonds. The molecular weight excluding hydrogens is 414 g/mol. The van der Waals surface area contributed by atoms with Crippen molar-refractivity contribution in [3.05, 3.63) is 57.6 Å². The third kappa shape index (κ3) is 2.51. The summed E-state index contributed by atoms with van der Waals surface area (Å²) in [6.07, 6.45) is 1.48.